The van der Waals surface area contributed by atoms with Crippen LogP contribution in [0.25, 0.3) is 10.8 Å². The quantitative estimate of drug-likeness (QED) is 0.182. The third-order valence-electron chi connectivity index (χ3n) is 6.99. The number of carbonyl (C=O) groups excluding carboxylic acids is 2. The molecule has 0 bridgehead atoms. The molecule has 0 aliphatic carbocycles. The van der Waals surface area contributed by atoms with E-state index in [1.54, 1.807) is 0 Å². The number of fused-ring (bicyclic) bond motifs is 1. The number of rotatable bonds is 8. The van der Waals surface area contributed by atoms with Crippen LogP contribution in [0.4, 0.5) is 26.3 Å². The van der Waals surface area contributed by atoms with E-state index in [1.165, 1.54) is 24.3 Å². The Hall–Kier alpha value is -5.40. The zero-order valence-electron chi connectivity index (χ0n) is 22.0. The van der Waals surface area contributed by atoms with E-state index >= 15 is 13.2 Å². The molecule has 0 saturated carbocycles. The lowest BCUT2D eigenvalue weighted by Crippen LogP contribution is -2.30. The Morgan fingerprint density at radius 3 is 1.39 bits per heavy atom. The fourth-order valence-corrected chi connectivity index (χ4v) is 5.47. The normalized spacial score (nSPS) is 13.3. The van der Waals surface area contributed by atoms with E-state index in [0.29, 0.717) is 12.1 Å². The monoisotopic (exact) mass is 618 g/mol. The van der Waals surface area contributed by atoms with Crippen LogP contribution < -0.4 is 11.5 Å². The molecule has 0 radical (unpaired) electrons. The van der Waals surface area contributed by atoms with Crippen LogP contribution in [-0.4, -0.2) is 46.3 Å². The first-order valence-electron chi connectivity index (χ1n) is 12.4. The molecule has 2 atom stereocenters. The number of carboxylic acid groups (broad SMARTS) is 2. The molecule has 0 fully saturated rings. The molecule has 0 aliphatic rings. The number of hydrogen-bond donors (Lipinski definition) is 4. The van der Waals surface area contributed by atoms with Crippen LogP contribution in [0, 0.1) is 0 Å². The minimum atomic E-state index is -5.41. The summed E-state index contributed by atoms with van der Waals surface area (Å²) in [5.41, 5.74) is 1.87. The van der Waals surface area contributed by atoms with Gasteiger partial charge in [-0.15, -0.1) is 0 Å². The highest BCUT2D eigenvalue weighted by Crippen LogP contribution is 2.51. The van der Waals surface area contributed by atoms with Gasteiger partial charge in [0.25, 0.3) is 0 Å². The number of aromatic carboxylic acids is 2. The van der Waals surface area contributed by atoms with Gasteiger partial charge in [0, 0.05) is 5.39 Å². The Labute approximate surface area is 243 Å². The Morgan fingerprint density at radius 2 is 1.00 bits per heavy atom. The molecule has 0 saturated heterocycles. The number of benzene rings is 4. The molecule has 44 heavy (non-hydrogen) atoms. The van der Waals surface area contributed by atoms with Gasteiger partial charge in [0.2, 0.25) is 11.8 Å². The Kier molecular flexibility index (Phi) is 8.14. The first kappa shape index (κ1) is 31.5. The largest absolute Gasteiger partial charge is 0.478 e. The number of carbonyl (C=O) groups is 4. The fraction of sp³-hybridized carbons (Fsp3) is 0.133. The van der Waals surface area contributed by atoms with Crippen molar-refractivity contribution in [2.45, 2.75) is 24.2 Å². The molecular formula is C30H20F6N2O6. The molecule has 228 valence electrons. The van der Waals surface area contributed by atoms with E-state index in [1.807, 2.05) is 0 Å². The zero-order valence-corrected chi connectivity index (χ0v) is 22.0. The lowest BCUT2D eigenvalue weighted by atomic mass is 9.75. The maximum absolute atomic E-state index is 15.1. The number of halogens is 6. The minimum Gasteiger partial charge on any atom is -0.478 e. The summed E-state index contributed by atoms with van der Waals surface area (Å²) in [6, 6.07) is 12.7. The first-order chi connectivity index (χ1) is 20.5. The average molecular weight is 618 g/mol. The van der Waals surface area contributed by atoms with E-state index in [2.05, 4.69) is 0 Å². The third kappa shape index (κ3) is 5.53. The van der Waals surface area contributed by atoms with Crippen LogP contribution in [0.2, 0.25) is 0 Å². The smallest absolute Gasteiger partial charge is 0.399 e. The maximum Gasteiger partial charge on any atom is 0.399 e. The molecule has 14 heteroatoms. The van der Waals surface area contributed by atoms with Crippen molar-refractivity contribution in [3.05, 3.63) is 117 Å². The van der Waals surface area contributed by atoms with Crippen molar-refractivity contribution in [3.63, 3.8) is 0 Å². The van der Waals surface area contributed by atoms with Gasteiger partial charge in [0.05, 0.1) is 22.3 Å². The zero-order chi connectivity index (χ0) is 32.7. The summed E-state index contributed by atoms with van der Waals surface area (Å²) in [5.74, 6) is -13.5. The molecule has 0 spiro atoms. The topological polar surface area (TPSA) is 161 Å². The molecule has 6 N–H and O–H groups in total. The Balaban J connectivity index is 2.46. The summed E-state index contributed by atoms with van der Waals surface area (Å²) in [4.78, 5) is 50.1. The molecule has 0 aliphatic heterocycles. The second-order valence-corrected chi connectivity index (χ2v) is 9.60. The summed E-state index contributed by atoms with van der Waals surface area (Å²) in [7, 11) is 0. The summed E-state index contributed by atoms with van der Waals surface area (Å²) in [5, 5.41) is 18.2. The highest BCUT2D eigenvalue weighted by atomic mass is 19.4. The molecular weight excluding hydrogens is 598 g/mol. The van der Waals surface area contributed by atoms with Gasteiger partial charge in [-0.2, -0.15) is 26.3 Å². The molecule has 4 aromatic carbocycles. The highest BCUT2D eigenvalue weighted by molar-refractivity contribution is 6.25. The third-order valence-corrected chi connectivity index (χ3v) is 6.99. The van der Waals surface area contributed by atoms with Crippen LogP contribution in [0.15, 0.2) is 72.8 Å². The standard InChI is InChI=1S/C30H20F6N2O6/c31-29(32,33)23(13-7-3-1-4-8-13)16-12-11-15-17(18(16)24(30(34,35)36)14-9-5-2-6-10-14)21(27(41)42)22(28(43)44)20(26(38)40)19(15)25(37)39/h1-12,23-24H,(H2,37,39)(H2,38,40)(H,41,42)(H,43,44). The van der Waals surface area contributed by atoms with Gasteiger partial charge in [-0.05, 0) is 27.6 Å². The molecule has 8 nitrogen and oxygen atoms in total. The number of nitrogens with two attached hydrogens (primary N) is 2. The van der Waals surface area contributed by atoms with Gasteiger partial charge in [-0.1, -0.05) is 72.8 Å². The van der Waals surface area contributed by atoms with E-state index in [0.717, 1.165) is 36.4 Å². The fourth-order valence-electron chi connectivity index (χ4n) is 5.47. The van der Waals surface area contributed by atoms with Crippen LogP contribution >= 0.6 is 0 Å². The summed E-state index contributed by atoms with van der Waals surface area (Å²) in [6.45, 7) is 0. The molecule has 0 heterocycles. The van der Waals surface area contributed by atoms with Crippen LogP contribution in [0.3, 0.4) is 0 Å². The number of amides is 2. The molecule has 4 aromatic rings. The predicted octanol–water partition coefficient (Wildman–Crippen LogP) is 5.82. The predicted molar refractivity (Wildman–Crippen MR) is 144 cm³/mol. The summed E-state index contributed by atoms with van der Waals surface area (Å²) in [6.07, 6.45) is -10.7. The number of alkyl halides is 6. The minimum absolute atomic E-state index is 0.520. The maximum atomic E-state index is 15.1. The Bertz CT molecular complexity index is 1810. The van der Waals surface area contributed by atoms with Crippen molar-refractivity contribution >= 4 is 34.5 Å². The number of carboxylic acids is 2. The van der Waals surface area contributed by atoms with Crippen molar-refractivity contribution in [2.24, 2.45) is 11.5 Å². The van der Waals surface area contributed by atoms with E-state index < -0.39 is 103 Å². The van der Waals surface area contributed by atoms with Crippen molar-refractivity contribution in [1.29, 1.82) is 0 Å². The highest BCUT2D eigenvalue weighted by Gasteiger charge is 2.50. The lowest BCUT2D eigenvalue weighted by molar-refractivity contribution is -0.147. The summed E-state index contributed by atoms with van der Waals surface area (Å²) < 4.78 is 89.9. The summed E-state index contributed by atoms with van der Waals surface area (Å²) >= 11 is 0. The molecule has 0 aromatic heterocycles. The van der Waals surface area contributed by atoms with Crippen LogP contribution in [0.1, 0.15) is 75.5 Å². The molecule has 2 amide bonds. The van der Waals surface area contributed by atoms with E-state index in [9.17, 15) is 42.6 Å². The second-order valence-electron chi connectivity index (χ2n) is 9.60. The van der Waals surface area contributed by atoms with Gasteiger partial charge in [-0.3, -0.25) is 9.59 Å². The van der Waals surface area contributed by atoms with Crippen molar-refractivity contribution in [3.8, 4) is 0 Å². The average Bonchev–Trinajstić information content (AvgIpc) is 2.92. The van der Waals surface area contributed by atoms with Crippen LogP contribution in [-0.2, 0) is 0 Å². The van der Waals surface area contributed by atoms with Crippen molar-refractivity contribution < 1.29 is 55.7 Å². The SMILES string of the molecule is NC(=O)c1c(C(=O)O)c(C(=O)O)c2c(C(c3ccccc3)C(F)(F)F)c(C(c3ccccc3)C(F)(F)F)ccc2c1C(N)=O. The van der Waals surface area contributed by atoms with Gasteiger partial charge in [-0.25, -0.2) is 9.59 Å². The molecule has 4 rings (SSSR count). The van der Waals surface area contributed by atoms with Crippen molar-refractivity contribution in [1.82, 2.24) is 0 Å². The first-order valence-corrected chi connectivity index (χ1v) is 12.4. The second kappa shape index (κ2) is 11.4. The van der Waals surface area contributed by atoms with Crippen molar-refractivity contribution in [2.75, 3.05) is 0 Å². The number of hydrogen-bond acceptors (Lipinski definition) is 4. The van der Waals surface area contributed by atoms with E-state index in [4.69, 9.17) is 11.5 Å². The lowest BCUT2D eigenvalue weighted by Gasteiger charge is -2.31. The number of primary amides is 2. The van der Waals surface area contributed by atoms with Gasteiger partial charge in [0.15, 0.2) is 0 Å². The van der Waals surface area contributed by atoms with Gasteiger partial charge in [0.1, 0.15) is 11.8 Å². The van der Waals surface area contributed by atoms with Crippen LogP contribution in [0.5, 0.6) is 0 Å². The van der Waals surface area contributed by atoms with Gasteiger partial charge < -0.3 is 21.7 Å². The molecule has 2 unspecified atom stereocenters. The van der Waals surface area contributed by atoms with E-state index in [-0.39, 0.29) is 0 Å². The Morgan fingerprint density at radius 1 is 0.568 bits per heavy atom. The van der Waals surface area contributed by atoms with Gasteiger partial charge >= 0.3 is 24.3 Å².